The number of carbonyl (C=O) groups excluding carboxylic acids is 5. The maximum atomic E-state index is 12.8. The van der Waals surface area contributed by atoms with Crippen LogP contribution in [-0.2, 0) is 28.8 Å². The van der Waals surface area contributed by atoms with Gasteiger partial charge in [0.2, 0.25) is 29.5 Å². The molecule has 13 heteroatoms. The molecule has 5 amide bonds. The van der Waals surface area contributed by atoms with Gasteiger partial charge >= 0.3 is 5.97 Å². The van der Waals surface area contributed by atoms with Crippen molar-refractivity contribution in [2.75, 3.05) is 0 Å². The second-order valence-electron chi connectivity index (χ2n) is 8.26. The van der Waals surface area contributed by atoms with Crippen molar-refractivity contribution in [3.63, 3.8) is 0 Å². The molecule has 10 N–H and O–H groups in total. The van der Waals surface area contributed by atoms with Crippen molar-refractivity contribution in [2.45, 2.75) is 71.1 Å². The fraction of sp³-hybridized carbons (Fsp3) is 0.684. The zero-order valence-electron chi connectivity index (χ0n) is 18.7. The Kier molecular flexibility index (Phi) is 11.9. The Morgan fingerprint density at radius 1 is 0.719 bits per heavy atom. The van der Waals surface area contributed by atoms with Crippen LogP contribution in [0.15, 0.2) is 0 Å². The Balaban J connectivity index is 5.56. The van der Waals surface area contributed by atoms with Crippen LogP contribution in [0.25, 0.3) is 0 Å². The molecule has 4 atom stereocenters. The molecule has 0 aliphatic rings. The first-order chi connectivity index (χ1) is 14.6. The first-order valence-electron chi connectivity index (χ1n) is 10.1. The first kappa shape index (κ1) is 28.8. The minimum absolute atomic E-state index is 0.100. The number of carboxylic acid groups (broad SMARTS) is 1. The molecule has 32 heavy (non-hydrogen) atoms. The van der Waals surface area contributed by atoms with E-state index in [-0.39, 0.29) is 18.3 Å². The molecule has 0 saturated heterocycles. The SMILES string of the molecule is CC(C)CC(NC(=O)C(CC(N)=O)NC(=O)C(N)C(C)C)C(=O)NC(CC(N)=O)C(=O)O. The van der Waals surface area contributed by atoms with Gasteiger partial charge in [-0.1, -0.05) is 27.7 Å². The van der Waals surface area contributed by atoms with E-state index in [0.717, 1.165) is 0 Å². The summed E-state index contributed by atoms with van der Waals surface area (Å²) in [5, 5.41) is 16.1. The Morgan fingerprint density at radius 3 is 1.53 bits per heavy atom. The number of nitrogens with two attached hydrogens (primary N) is 3. The maximum absolute atomic E-state index is 12.8. The van der Waals surface area contributed by atoms with E-state index in [1.54, 1.807) is 27.7 Å². The fourth-order valence-corrected chi connectivity index (χ4v) is 2.63. The van der Waals surface area contributed by atoms with E-state index < -0.39 is 72.5 Å². The zero-order chi connectivity index (χ0) is 25.2. The van der Waals surface area contributed by atoms with Crippen molar-refractivity contribution in [3.05, 3.63) is 0 Å². The fourth-order valence-electron chi connectivity index (χ4n) is 2.63. The summed E-state index contributed by atoms with van der Waals surface area (Å²) < 4.78 is 0. The van der Waals surface area contributed by atoms with Gasteiger partial charge in [0, 0.05) is 0 Å². The molecule has 0 aromatic carbocycles. The van der Waals surface area contributed by atoms with E-state index in [1.165, 1.54) is 0 Å². The Labute approximate surface area is 186 Å². The molecule has 0 aliphatic heterocycles. The molecule has 0 bridgehead atoms. The highest BCUT2D eigenvalue weighted by Crippen LogP contribution is 2.08. The van der Waals surface area contributed by atoms with Gasteiger partial charge in [-0.3, -0.25) is 24.0 Å². The number of aliphatic carboxylic acids is 1. The molecule has 0 aliphatic carbocycles. The van der Waals surface area contributed by atoms with Gasteiger partial charge in [0.15, 0.2) is 0 Å². The molecule has 0 rings (SSSR count). The second kappa shape index (κ2) is 13.2. The lowest BCUT2D eigenvalue weighted by atomic mass is 10.0. The highest BCUT2D eigenvalue weighted by atomic mass is 16.4. The van der Waals surface area contributed by atoms with E-state index >= 15 is 0 Å². The monoisotopic (exact) mass is 458 g/mol. The number of primary amides is 2. The summed E-state index contributed by atoms with van der Waals surface area (Å²) in [5.41, 5.74) is 15.9. The van der Waals surface area contributed by atoms with Crippen LogP contribution in [0.5, 0.6) is 0 Å². The van der Waals surface area contributed by atoms with E-state index in [9.17, 15) is 33.9 Å². The Morgan fingerprint density at radius 2 is 1.12 bits per heavy atom. The van der Waals surface area contributed by atoms with Crippen molar-refractivity contribution < 1.29 is 33.9 Å². The molecule has 0 spiro atoms. The molecule has 0 saturated carbocycles. The average molecular weight is 459 g/mol. The van der Waals surface area contributed by atoms with Gasteiger partial charge in [-0.2, -0.15) is 0 Å². The zero-order valence-corrected chi connectivity index (χ0v) is 18.7. The van der Waals surface area contributed by atoms with Gasteiger partial charge in [-0.25, -0.2) is 4.79 Å². The van der Waals surface area contributed by atoms with Gasteiger partial charge in [0.05, 0.1) is 18.9 Å². The Hall–Kier alpha value is -3.22. The summed E-state index contributed by atoms with van der Waals surface area (Å²) in [6.45, 7) is 6.91. The summed E-state index contributed by atoms with van der Waals surface area (Å²) in [7, 11) is 0. The lowest BCUT2D eigenvalue weighted by Crippen LogP contribution is -2.58. The number of carbonyl (C=O) groups is 6. The molecule has 0 fully saturated rings. The molecular weight excluding hydrogens is 424 g/mol. The minimum Gasteiger partial charge on any atom is -0.480 e. The van der Waals surface area contributed by atoms with Crippen LogP contribution in [0.3, 0.4) is 0 Å². The predicted molar refractivity (Wildman–Crippen MR) is 113 cm³/mol. The lowest BCUT2D eigenvalue weighted by Gasteiger charge is -2.26. The smallest absolute Gasteiger partial charge is 0.326 e. The van der Waals surface area contributed by atoms with Crippen molar-refractivity contribution in [1.82, 2.24) is 16.0 Å². The Bertz CT molecular complexity index is 725. The molecule has 13 nitrogen and oxygen atoms in total. The van der Waals surface area contributed by atoms with Crippen LogP contribution in [0.4, 0.5) is 0 Å². The third-order valence-corrected chi connectivity index (χ3v) is 4.42. The topological polar surface area (TPSA) is 237 Å². The summed E-state index contributed by atoms with van der Waals surface area (Å²) in [5.74, 6) is -6.07. The number of carboxylic acids is 1. The number of rotatable bonds is 14. The standard InChI is InChI=1S/C19H34N6O7/c1-8(2)5-10(16(28)25-12(19(31)32)7-14(21)27)23-17(29)11(6-13(20)26)24-18(30)15(22)9(3)4/h8-12,15H,5-7,22H2,1-4H3,(H2,20,26)(H2,21,27)(H,23,29)(H,24,30)(H,25,28)(H,31,32). The third-order valence-electron chi connectivity index (χ3n) is 4.42. The van der Waals surface area contributed by atoms with Gasteiger partial charge in [-0.15, -0.1) is 0 Å². The van der Waals surface area contributed by atoms with Gasteiger partial charge < -0.3 is 38.3 Å². The molecule has 0 aromatic rings. The van der Waals surface area contributed by atoms with Crippen LogP contribution in [-0.4, -0.2) is 64.8 Å². The summed E-state index contributed by atoms with van der Waals surface area (Å²) >= 11 is 0. The highest BCUT2D eigenvalue weighted by Gasteiger charge is 2.32. The molecule has 0 radical (unpaired) electrons. The van der Waals surface area contributed by atoms with Crippen LogP contribution < -0.4 is 33.2 Å². The van der Waals surface area contributed by atoms with Crippen LogP contribution in [0, 0.1) is 11.8 Å². The molecular formula is C19H34N6O7. The van der Waals surface area contributed by atoms with Crippen LogP contribution in [0.2, 0.25) is 0 Å². The quantitative estimate of drug-likeness (QED) is 0.144. The summed E-state index contributed by atoms with van der Waals surface area (Å²) in [6, 6.07) is -5.15. The van der Waals surface area contributed by atoms with Gasteiger partial charge in [-0.05, 0) is 18.3 Å². The van der Waals surface area contributed by atoms with E-state index in [0.29, 0.717) is 0 Å². The first-order valence-corrected chi connectivity index (χ1v) is 10.1. The number of hydrogen-bond acceptors (Lipinski definition) is 7. The molecule has 182 valence electrons. The second-order valence-corrected chi connectivity index (χ2v) is 8.26. The van der Waals surface area contributed by atoms with Crippen molar-refractivity contribution in [1.29, 1.82) is 0 Å². The maximum Gasteiger partial charge on any atom is 0.326 e. The normalized spacial score (nSPS) is 14.7. The van der Waals surface area contributed by atoms with Gasteiger partial charge in [0.1, 0.15) is 18.1 Å². The van der Waals surface area contributed by atoms with E-state index in [2.05, 4.69) is 16.0 Å². The van der Waals surface area contributed by atoms with Crippen LogP contribution in [0.1, 0.15) is 47.0 Å². The number of nitrogens with one attached hydrogen (secondary N) is 3. The largest absolute Gasteiger partial charge is 0.480 e. The van der Waals surface area contributed by atoms with Crippen molar-refractivity contribution in [2.24, 2.45) is 29.0 Å². The van der Waals surface area contributed by atoms with Crippen molar-refractivity contribution in [3.8, 4) is 0 Å². The predicted octanol–water partition coefficient (Wildman–Crippen LogP) is -2.69. The summed E-state index contributed by atoms with van der Waals surface area (Å²) in [6.07, 6.45) is -1.09. The van der Waals surface area contributed by atoms with Gasteiger partial charge in [0.25, 0.3) is 0 Å². The van der Waals surface area contributed by atoms with Crippen LogP contribution >= 0.6 is 0 Å². The third kappa shape index (κ3) is 10.7. The lowest BCUT2D eigenvalue weighted by molar-refractivity contribution is -0.144. The average Bonchev–Trinajstić information content (AvgIpc) is 2.64. The highest BCUT2D eigenvalue weighted by molar-refractivity contribution is 5.96. The number of hydrogen-bond donors (Lipinski definition) is 7. The van der Waals surface area contributed by atoms with E-state index in [4.69, 9.17) is 17.2 Å². The van der Waals surface area contributed by atoms with Crippen molar-refractivity contribution >= 4 is 35.5 Å². The minimum atomic E-state index is -1.59. The summed E-state index contributed by atoms with van der Waals surface area (Å²) in [4.78, 5) is 71.4. The number of amides is 5. The molecule has 0 aromatic heterocycles. The van der Waals surface area contributed by atoms with E-state index in [1.807, 2.05) is 0 Å². The molecule has 0 heterocycles. The molecule has 4 unspecified atom stereocenters.